The van der Waals surface area contributed by atoms with Gasteiger partial charge in [-0.25, -0.2) is 4.68 Å². The summed E-state index contributed by atoms with van der Waals surface area (Å²) in [6.07, 6.45) is 4.07. The quantitative estimate of drug-likeness (QED) is 0.427. The minimum Gasteiger partial charge on any atom is -0.497 e. The zero-order valence-electron chi connectivity index (χ0n) is 16.4. The van der Waals surface area contributed by atoms with E-state index in [1.807, 2.05) is 77.5 Å². The first-order chi connectivity index (χ1) is 14.3. The summed E-state index contributed by atoms with van der Waals surface area (Å²) in [6.45, 7) is 0. The molecular formula is C25H22N2O2. The Morgan fingerprint density at radius 1 is 0.724 bits per heavy atom. The summed E-state index contributed by atoms with van der Waals surface area (Å²) >= 11 is 0. The van der Waals surface area contributed by atoms with Crippen LogP contribution in [0, 0.1) is 0 Å². The molecule has 0 spiro atoms. The number of rotatable bonds is 6. The highest BCUT2D eigenvalue weighted by atomic mass is 16.5. The molecule has 0 aliphatic carbocycles. The fraction of sp³-hybridized carbons (Fsp3) is 0.0800. The number of ether oxygens (including phenoxy) is 2. The molecule has 3 aromatic carbocycles. The fourth-order valence-corrected chi connectivity index (χ4v) is 3.11. The SMILES string of the molecule is COc1ccc(/C=C/c2cc(-c3ccc(OC)cc3)n(-c3ccccc3)n2)cc1. The first-order valence-corrected chi connectivity index (χ1v) is 9.39. The molecule has 0 radical (unpaired) electrons. The van der Waals surface area contributed by atoms with Crippen LogP contribution >= 0.6 is 0 Å². The monoisotopic (exact) mass is 382 g/mol. The number of aromatic nitrogens is 2. The van der Waals surface area contributed by atoms with Gasteiger partial charge in [-0.15, -0.1) is 0 Å². The summed E-state index contributed by atoms with van der Waals surface area (Å²) in [4.78, 5) is 0. The van der Waals surface area contributed by atoms with Crippen LogP contribution in [-0.4, -0.2) is 24.0 Å². The van der Waals surface area contributed by atoms with Crippen LogP contribution in [0.2, 0.25) is 0 Å². The molecule has 29 heavy (non-hydrogen) atoms. The van der Waals surface area contributed by atoms with Crippen molar-refractivity contribution in [1.82, 2.24) is 9.78 Å². The Morgan fingerprint density at radius 3 is 1.97 bits per heavy atom. The second kappa shape index (κ2) is 8.48. The lowest BCUT2D eigenvalue weighted by Gasteiger charge is -2.08. The van der Waals surface area contributed by atoms with Crippen molar-refractivity contribution in [2.24, 2.45) is 0 Å². The number of hydrogen-bond donors (Lipinski definition) is 0. The Balaban J connectivity index is 1.71. The average molecular weight is 382 g/mol. The second-order valence-corrected chi connectivity index (χ2v) is 6.54. The van der Waals surface area contributed by atoms with E-state index in [1.54, 1.807) is 14.2 Å². The topological polar surface area (TPSA) is 36.3 Å². The van der Waals surface area contributed by atoms with Crippen LogP contribution in [0.15, 0.2) is 84.9 Å². The molecule has 144 valence electrons. The van der Waals surface area contributed by atoms with Crippen LogP contribution in [0.4, 0.5) is 0 Å². The van der Waals surface area contributed by atoms with Crippen LogP contribution in [-0.2, 0) is 0 Å². The van der Waals surface area contributed by atoms with Crippen molar-refractivity contribution in [2.75, 3.05) is 14.2 Å². The van der Waals surface area contributed by atoms with E-state index in [1.165, 1.54) is 0 Å². The summed E-state index contributed by atoms with van der Waals surface area (Å²) in [6, 6.07) is 28.2. The van der Waals surface area contributed by atoms with Gasteiger partial charge in [-0.2, -0.15) is 5.10 Å². The van der Waals surface area contributed by atoms with Gasteiger partial charge >= 0.3 is 0 Å². The van der Waals surface area contributed by atoms with Gasteiger partial charge in [-0.3, -0.25) is 0 Å². The highest BCUT2D eigenvalue weighted by molar-refractivity contribution is 5.72. The Hall–Kier alpha value is -3.79. The highest BCUT2D eigenvalue weighted by Gasteiger charge is 2.10. The smallest absolute Gasteiger partial charge is 0.118 e. The maximum Gasteiger partial charge on any atom is 0.118 e. The zero-order chi connectivity index (χ0) is 20.1. The lowest BCUT2D eigenvalue weighted by Crippen LogP contribution is -1.98. The normalized spacial score (nSPS) is 11.0. The average Bonchev–Trinajstić information content (AvgIpc) is 3.23. The maximum absolute atomic E-state index is 5.29. The molecule has 0 unspecified atom stereocenters. The molecule has 4 rings (SSSR count). The molecule has 0 saturated carbocycles. The van der Waals surface area contributed by atoms with Crippen LogP contribution in [0.5, 0.6) is 11.5 Å². The number of para-hydroxylation sites is 1. The van der Waals surface area contributed by atoms with E-state index in [4.69, 9.17) is 14.6 Å². The molecular weight excluding hydrogens is 360 g/mol. The van der Waals surface area contributed by atoms with Gasteiger partial charge in [0, 0.05) is 5.56 Å². The lowest BCUT2D eigenvalue weighted by atomic mass is 10.1. The fourth-order valence-electron chi connectivity index (χ4n) is 3.11. The van der Waals surface area contributed by atoms with Crippen LogP contribution < -0.4 is 9.47 Å². The standard InChI is InChI=1S/C25H22N2O2/c1-28-23-14-9-19(10-15-23)8-13-21-18-25(20-11-16-24(29-2)17-12-20)27(26-21)22-6-4-3-5-7-22/h3-18H,1-2H3/b13-8+. The van der Waals surface area contributed by atoms with Crippen LogP contribution in [0.1, 0.15) is 11.3 Å². The van der Waals surface area contributed by atoms with Crippen molar-refractivity contribution in [3.05, 3.63) is 96.2 Å². The van der Waals surface area contributed by atoms with Crippen molar-refractivity contribution in [3.8, 4) is 28.4 Å². The largest absolute Gasteiger partial charge is 0.497 e. The third-order valence-electron chi connectivity index (χ3n) is 4.68. The molecule has 0 amide bonds. The van der Waals surface area contributed by atoms with Crippen molar-refractivity contribution in [1.29, 1.82) is 0 Å². The molecule has 4 nitrogen and oxygen atoms in total. The molecule has 4 aromatic rings. The van der Waals surface area contributed by atoms with E-state index in [0.29, 0.717) is 0 Å². The summed E-state index contributed by atoms with van der Waals surface area (Å²) in [5.41, 5.74) is 5.09. The van der Waals surface area contributed by atoms with Crippen molar-refractivity contribution in [2.45, 2.75) is 0 Å². The van der Waals surface area contributed by atoms with Crippen molar-refractivity contribution < 1.29 is 9.47 Å². The summed E-state index contributed by atoms with van der Waals surface area (Å²) in [5.74, 6) is 1.68. The van der Waals surface area contributed by atoms with Crippen molar-refractivity contribution in [3.63, 3.8) is 0 Å². The molecule has 0 saturated heterocycles. The first-order valence-electron chi connectivity index (χ1n) is 9.39. The highest BCUT2D eigenvalue weighted by Crippen LogP contribution is 2.27. The van der Waals surface area contributed by atoms with Gasteiger partial charge in [0.15, 0.2) is 0 Å². The summed E-state index contributed by atoms with van der Waals surface area (Å²) in [7, 11) is 3.34. The summed E-state index contributed by atoms with van der Waals surface area (Å²) < 4.78 is 12.5. The predicted octanol–water partition coefficient (Wildman–Crippen LogP) is 5.73. The van der Waals surface area contributed by atoms with Gasteiger partial charge in [0.05, 0.1) is 31.3 Å². The Kier molecular flexibility index (Phi) is 5.43. The minimum atomic E-state index is 0.833. The molecule has 4 heteroatoms. The number of nitrogens with zero attached hydrogens (tertiary/aromatic N) is 2. The zero-order valence-corrected chi connectivity index (χ0v) is 16.4. The molecule has 0 atom stereocenters. The maximum atomic E-state index is 5.29. The number of benzene rings is 3. The molecule has 0 aliphatic heterocycles. The Bertz CT molecular complexity index is 1100. The van der Waals surface area contributed by atoms with Gasteiger partial charge in [-0.1, -0.05) is 36.4 Å². The van der Waals surface area contributed by atoms with Gasteiger partial charge in [0.25, 0.3) is 0 Å². The van der Waals surface area contributed by atoms with Gasteiger partial charge in [0.1, 0.15) is 11.5 Å². The third kappa shape index (κ3) is 4.22. The molecule has 0 aliphatic rings. The van der Waals surface area contributed by atoms with Gasteiger partial charge in [-0.05, 0) is 66.2 Å². The Morgan fingerprint density at radius 2 is 1.34 bits per heavy atom. The van der Waals surface area contributed by atoms with Crippen LogP contribution in [0.3, 0.4) is 0 Å². The van der Waals surface area contributed by atoms with Gasteiger partial charge in [0.2, 0.25) is 0 Å². The molecule has 1 heterocycles. The van der Waals surface area contributed by atoms with E-state index < -0.39 is 0 Å². The minimum absolute atomic E-state index is 0.833. The van der Waals surface area contributed by atoms with E-state index in [9.17, 15) is 0 Å². The molecule has 0 N–H and O–H groups in total. The predicted molar refractivity (Wildman–Crippen MR) is 117 cm³/mol. The number of hydrogen-bond acceptors (Lipinski definition) is 3. The third-order valence-corrected chi connectivity index (χ3v) is 4.68. The molecule has 0 bridgehead atoms. The van der Waals surface area contributed by atoms with E-state index in [-0.39, 0.29) is 0 Å². The van der Waals surface area contributed by atoms with E-state index in [0.717, 1.165) is 39.7 Å². The summed E-state index contributed by atoms with van der Waals surface area (Å²) in [5, 5.41) is 4.82. The molecule has 0 fully saturated rings. The second-order valence-electron chi connectivity index (χ2n) is 6.54. The molecule has 1 aromatic heterocycles. The number of methoxy groups -OCH3 is 2. The Labute approximate surface area is 170 Å². The van der Waals surface area contributed by atoms with Crippen LogP contribution in [0.25, 0.3) is 29.1 Å². The van der Waals surface area contributed by atoms with Crippen molar-refractivity contribution >= 4 is 12.2 Å². The van der Waals surface area contributed by atoms with E-state index in [2.05, 4.69) is 24.3 Å². The first kappa shape index (κ1) is 18.6. The van der Waals surface area contributed by atoms with Gasteiger partial charge < -0.3 is 9.47 Å². The van der Waals surface area contributed by atoms with E-state index >= 15 is 0 Å². The lowest BCUT2D eigenvalue weighted by molar-refractivity contribution is 0.414.